The molecule has 4 aromatic rings. The van der Waals surface area contributed by atoms with Gasteiger partial charge in [-0.05, 0) is 36.4 Å². The van der Waals surface area contributed by atoms with Crippen LogP contribution in [0.2, 0.25) is 5.02 Å². The third kappa shape index (κ3) is 4.22. The van der Waals surface area contributed by atoms with Crippen molar-refractivity contribution in [1.82, 2.24) is 4.98 Å². The second-order valence-electron chi connectivity index (χ2n) is 5.91. The normalized spacial score (nSPS) is 10.5. The van der Waals surface area contributed by atoms with E-state index in [4.69, 9.17) is 16.3 Å². The van der Waals surface area contributed by atoms with Crippen molar-refractivity contribution in [2.75, 3.05) is 5.32 Å². The van der Waals surface area contributed by atoms with Crippen LogP contribution in [0.3, 0.4) is 0 Å². The maximum absolute atomic E-state index is 12.8. The third-order valence-corrected chi connectivity index (χ3v) is 4.98. The lowest BCUT2D eigenvalue weighted by atomic mass is 10.2. The lowest BCUT2D eigenvalue weighted by Gasteiger charge is -2.10. The highest BCUT2D eigenvalue weighted by molar-refractivity contribution is 7.14. The minimum Gasteiger partial charge on any atom is -0.457 e. The Labute approximate surface area is 171 Å². The van der Waals surface area contributed by atoms with Crippen molar-refractivity contribution >= 4 is 34.0 Å². The van der Waals surface area contributed by atoms with E-state index in [1.165, 1.54) is 11.3 Å². The van der Waals surface area contributed by atoms with Crippen molar-refractivity contribution in [3.8, 4) is 22.8 Å². The molecule has 28 heavy (non-hydrogen) atoms. The Bertz CT molecular complexity index is 1090. The molecule has 4 nitrogen and oxygen atoms in total. The summed E-state index contributed by atoms with van der Waals surface area (Å²) in [5.41, 5.74) is 2.16. The van der Waals surface area contributed by atoms with Crippen molar-refractivity contribution < 1.29 is 9.53 Å². The van der Waals surface area contributed by atoms with Gasteiger partial charge >= 0.3 is 0 Å². The zero-order chi connectivity index (χ0) is 19.3. The van der Waals surface area contributed by atoms with Gasteiger partial charge in [-0.1, -0.05) is 54.1 Å². The van der Waals surface area contributed by atoms with Crippen molar-refractivity contribution in [2.45, 2.75) is 0 Å². The fourth-order valence-corrected chi connectivity index (χ4v) is 3.45. The molecule has 138 valence electrons. The van der Waals surface area contributed by atoms with Crippen LogP contribution in [0.25, 0.3) is 11.3 Å². The summed E-state index contributed by atoms with van der Waals surface area (Å²) in [7, 11) is 0. The largest absolute Gasteiger partial charge is 0.457 e. The van der Waals surface area contributed by atoms with Crippen molar-refractivity contribution in [1.29, 1.82) is 0 Å². The van der Waals surface area contributed by atoms with Crippen LogP contribution in [0.4, 0.5) is 5.13 Å². The van der Waals surface area contributed by atoms with Gasteiger partial charge in [0.15, 0.2) is 5.13 Å². The molecule has 4 rings (SSSR count). The maximum Gasteiger partial charge on any atom is 0.261 e. The standard InChI is InChI=1S/C22H15ClN2O2S/c23-16-12-10-15(11-13-16)19-14-28-22(24-19)25-21(26)18-8-4-5-9-20(18)27-17-6-2-1-3-7-17/h1-14H,(H,24,25,26). The lowest BCUT2D eigenvalue weighted by molar-refractivity contribution is 0.102. The van der Waals surface area contributed by atoms with Gasteiger partial charge < -0.3 is 4.74 Å². The lowest BCUT2D eigenvalue weighted by Crippen LogP contribution is -2.12. The molecule has 1 amide bonds. The van der Waals surface area contributed by atoms with Gasteiger partial charge in [0.2, 0.25) is 0 Å². The number of thiazole rings is 1. The Morgan fingerprint density at radius 1 is 0.929 bits per heavy atom. The molecular weight excluding hydrogens is 392 g/mol. The maximum atomic E-state index is 12.8. The summed E-state index contributed by atoms with van der Waals surface area (Å²) in [6.45, 7) is 0. The smallest absolute Gasteiger partial charge is 0.261 e. The third-order valence-electron chi connectivity index (χ3n) is 3.97. The Hall–Kier alpha value is -3.15. The van der Waals surface area contributed by atoms with Crippen molar-refractivity contribution in [3.63, 3.8) is 0 Å². The predicted octanol–water partition coefficient (Wildman–Crippen LogP) is 6.51. The molecule has 0 bridgehead atoms. The molecule has 6 heteroatoms. The topological polar surface area (TPSA) is 51.2 Å². The molecule has 0 spiro atoms. The SMILES string of the molecule is O=C(Nc1nc(-c2ccc(Cl)cc2)cs1)c1ccccc1Oc1ccccc1. The molecule has 0 radical (unpaired) electrons. The number of carbonyl (C=O) groups excluding carboxylic acids is 1. The fourth-order valence-electron chi connectivity index (χ4n) is 2.61. The van der Waals surface area contributed by atoms with E-state index in [0.717, 1.165) is 11.3 Å². The van der Waals surface area contributed by atoms with E-state index in [0.29, 0.717) is 27.2 Å². The molecule has 1 aromatic heterocycles. The van der Waals surface area contributed by atoms with Gasteiger partial charge in [-0.15, -0.1) is 11.3 Å². The molecule has 0 fully saturated rings. The van der Waals surface area contributed by atoms with Crippen molar-refractivity contribution in [2.24, 2.45) is 0 Å². The average molecular weight is 407 g/mol. The number of halogens is 1. The second kappa shape index (κ2) is 8.25. The number of hydrogen-bond acceptors (Lipinski definition) is 4. The summed E-state index contributed by atoms with van der Waals surface area (Å²) in [6.07, 6.45) is 0. The summed E-state index contributed by atoms with van der Waals surface area (Å²) in [4.78, 5) is 17.3. The monoisotopic (exact) mass is 406 g/mol. The average Bonchev–Trinajstić information content (AvgIpc) is 3.18. The van der Waals surface area contributed by atoms with Crippen LogP contribution in [-0.4, -0.2) is 10.9 Å². The van der Waals surface area contributed by atoms with Gasteiger partial charge in [0.25, 0.3) is 5.91 Å². The van der Waals surface area contributed by atoms with Gasteiger partial charge in [0.05, 0.1) is 11.3 Å². The van der Waals surface area contributed by atoms with Gasteiger partial charge in [0, 0.05) is 16.0 Å². The van der Waals surface area contributed by atoms with Crippen LogP contribution in [0.1, 0.15) is 10.4 Å². The molecular formula is C22H15ClN2O2S. The zero-order valence-corrected chi connectivity index (χ0v) is 16.2. The minimum absolute atomic E-state index is 0.275. The summed E-state index contributed by atoms with van der Waals surface area (Å²) in [5, 5.41) is 5.93. The number of amides is 1. The highest BCUT2D eigenvalue weighted by Gasteiger charge is 2.15. The zero-order valence-electron chi connectivity index (χ0n) is 14.6. The number of ether oxygens (including phenoxy) is 1. The van der Waals surface area contributed by atoms with Crippen LogP contribution in [-0.2, 0) is 0 Å². The Balaban J connectivity index is 1.52. The predicted molar refractivity (Wildman–Crippen MR) is 113 cm³/mol. The van der Waals surface area contributed by atoms with Gasteiger partial charge in [-0.2, -0.15) is 0 Å². The molecule has 0 atom stereocenters. The van der Waals surface area contributed by atoms with Crippen LogP contribution in [0.5, 0.6) is 11.5 Å². The number of carbonyl (C=O) groups is 1. The highest BCUT2D eigenvalue weighted by Crippen LogP contribution is 2.28. The first kappa shape index (κ1) is 18.2. The number of benzene rings is 3. The Morgan fingerprint density at radius 2 is 1.64 bits per heavy atom. The Morgan fingerprint density at radius 3 is 2.43 bits per heavy atom. The molecule has 0 aliphatic rings. The molecule has 0 aliphatic heterocycles. The number of aromatic nitrogens is 1. The molecule has 3 aromatic carbocycles. The fraction of sp³-hybridized carbons (Fsp3) is 0. The van der Waals surface area contributed by atoms with E-state index in [1.807, 2.05) is 66.0 Å². The van der Waals surface area contributed by atoms with E-state index >= 15 is 0 Å². The number of hydrogen-bond donors (Lipinski definition) is 1. The van der Waals surface area contributed by atoms with Gasteiger partial charge in [-0.25, -0.2) is 4.98 Å². The van der Waals surface area contributed by atoms with E-state index < -0.39 is 0 Å². The number of nitrogens with one attached hydrogen (secondary N) is 1. The number of anilines is 1. The summed E-state index contributed by atoms with van der Waals surface area (Å²) >= 11 is 7.29. The Kier molecular flexibility index (Phi) is 5.37. The van der Waals surface area contributed by atoms with E-state index in [2.05, 4.69) is 10.3 Å². The van der Waals surface area contributed by atoms with E-state index in [-0.39, 0.29) is 5.91 Å². The summed E-state index contributed by atoms with van der Waals surface area (Å²) in [6, 6.07) is 23.9. The first-order chi connectivity index (χ1) is 13.7. The number of rotatable bonds is 5. The van der Waals surface area contributed by atoms with Crippen LogP contribution in [0, 0.1) is 0 Å². The second-order valence-corrected chi connectivity index (χ2v) is 7.20. The van der Waals surface area contributed by atoms with E-state index in [9.17, 15) is 4.79 Å². The molecule has 0 unspecified atom stereocenters. The summed E-state index contributed by atoms with van der Waals surface area (Å²) in [5.74, 6) is 0.881. The minimum atomic E-state index is -0.275. The molecule has 1 heterocycles. The first-order valence-electron chi connectivity index (χ1n) is 8.54. The van der Waals surface area contributed by atoms with Crippen LogP contribution >= 0.6 is 22.9 Å². The van der Waals surface area contributed by atoms with Crippen molar-refractivity contribution in [3.05, 3.63) is 94.8 Å². The van der Waals surface area contributed by atoms with Gasteiger partial charge in [0.1, 0.15) is 11.5 Å². The van der Waals surface area contributed by atoms with Crippen LogP contribution in [0.15, 0.2) is 84.2 Å². The molecule has 1 N–H and O–H groups in total. The number of para-hydroxylation sites is 2. The molecule has 0 aliphatic carbocycles. The highest BCUT2D eigenvalue weighted by atomic mass is 35.5. The van der Waals surface area contributed by atoms with Crippen LogP contribution < -0.4 is 10.1 Å². The first-order valence-corrected chi connectivity index (χ1v) is 9.79. The molecule has 0 saturated carbocycles. The van der Waals surface area contributed by atoms with E-state index in [1.54, 1.807) is 18.2 Å². The number of nitrogens with zero attached hydrogens (tertiary/aromatic N) is 1. The molecule has 0 saturated heterocycles. The quantitative estimate of drug-likeness (QED) is 0.411. The summed E-state index contributed by atoms with van der Waals surface area (Å²) < 4.78 is 5.86. The van der Waals surface area contributed by atoms with Gasteiger partial charge in [-0.3, -0.25) is 10.1 Å².